The molecule has 0 saturated carbocycles. The lowest BCUT2D eigenvalue weighted by Crippen LogP contribution is -2.25. The Labute approximate surface area is 83.3 Å². The quantitative estimate of drug-likeness (QED) is 0.454. The van der Waals surface area contributed by atoms with E-state index in [1.165, 1.54) is 6.92 Å². The zero-order valence-electron chi connectivity index (χ0n) is 7.77. The maximum atomic E-state index is 13.1. The van der Waals surface area contributed by atoms with Gasteiger partial charge in [0, 0.05) is 11.6 Å². The van der Waals surface area contributed by atoms with Crippen LogP contribution in [0.2, 0.25) is 0 Å². The van der Waals surface area contributed by atoms with Crippen molar-refractivity contribution in [2.45, 2.75) is 19.1 Å². The van der Waals surface area contributed by atoms with Gasteiger partial charge in [0.1, 0.15) is 0 Å². The Hall–Kier alpha value is -1.14. The van der Waals surface area contributed by atoms with Gasteiger partial charge in [0.2, 0.25) is 0 Å². The van der Waals surface area contributed by atoms with Crippen LogP contribution in [0.4, 0.5) is 17.6 Å². The minimum atomic E-state index is -1.95. The molecule has 84 valence electrons. The standard InChI is InChI=1S/C9H9F4NO/c1-3(14)9(15)4-2-5(10)7(12)8(13)6(4)11/h2-3,9,15H,14H2,1H3/t3-,9-/m0/s1. The number of nitrogens with two attached hydrogens (primary N) is 1. The molecule has 0 radical (unpaired) electrons. The molecule has 1 aromatic rings. The zero-order valence-corrected chi connectivity index (χ0v) is 7.77. The topological polar surface area (TPSA) is 46.2 Å². The number of rotatable bonds is 2. The van der Waals surface area contributed by atoms with E-state index in [0.717, 1.165) is 0 Å². The maximum Gasteiger partial charge on any atom is 0.197 e. The van der Waals surface area contributed by atoms with Crippen molar-refractivity contribution in [2.75, 3.05) is 0 Å². The number of hydrogen-bond donors (Lipinski definition) is 2. The van der Waals surface area contributed by atoms with E-state index < -0.39 is 41.0 Å². The van der Waals surface area contributed by atoms with Crippen LogP contribution in [0.1, 0.15) is 18.6 Å². The second-order valence-electron chi connectivity index (χ2n) is 3.19. The number of aliphatic hydroxyl groups is 1. The van der Waals surface area contributed by atoms with Crippen LogP contribution >= 0.6 is 0 Å². The molecule has 0 bridgehead atoms. The third-order valence-electron chi connectivity index (χ3n) is 1.95. The first kappa shape index (κ1) is 11.9. The minimum Gasteiger partial charge on any atom is -0.387 e. The lowest BCUT2D eigenvalue weighted by Gasteiger charge is -2.16. The monoisotopic (exact) mass is 223 g/mol. The van der Waals surface area contributed by atoms with Crippen molar-refractivity contribution < 1.29 is 22.7 Å². The summed E-state index contributed by atoms with van der Waals surface area (Å²) in [5.41, 5.74) is 4.53. The number of benzene rings is 1. The van der Waals surface area contributed by atoms with Crippen molar-refractivity contribution >= 4 is 0 Å². The average molecular weight is 223 g/mol. The van der Waals surface area contributed by atoms with Gasteiger partial charge in [-0.1, -0.05) is 0 Å². The Morgan fingerprint density at radius 3 is 2.13 bits per heavy atom. The molecule has 6 heteroatoms. The van der Waals surface area contributed by atoms with Gasteiger partial charge in [-0.25, -0.2) is 17.6 Å². The second kappa shape index (κ2) is 4.16. The van der Waals surface area contributed by atoms with Crippen molar-refractivity contribution in [3.8, 4) is 0 Å². The molecule has 0 aliphatic carbocycles. The largest absolute Gasteiger partial charge is 0.387 e. The van der Waals surface area contributed by atoms with Gasteiger partial charge >= 0.3 is 0 Å². The Kier molecular flexibility index (Phi) is 3.31. The first-order valence-corrected chi connectivity index (χ1v) is 4.12. The third kappa shape index (κ3) is 2.10. The molecule has 0 amide bonds. The SMILES string of the molecule is C[C@H](N)[C@H](O)c1cc(F)c(F)c(F)c1F. The summed E-state index contributed by atoms with van der Waals surface area (Å²) < 4.78 is 51.0. The van der Waals surface area contributed by atoms with E-state index in [-0.39, 0.29) is 0 Å². The molecule has 0 fully saturated rings. The molecule has 0 unspecified atom stereocenters. The fourth-order valence-electron chi connectivity index (χ4n) is 1.09. The molecule has 2 atom stereocenters. The molecule has 0 heterocycles. The van der Waals surface area contributed by atoms with Crippen molar-refractivity contribution in [3.05, 3.63) is 34.9 Å². The normalized spacial score (nSPS) is 15.1. The molecule has 1 rings (SSSR count). The van der Waals surface area contributed by atoms with Crippen LogP contribution < -0.4 is 5.73 Å². The van der Waals surface area contributed by atoms with Crippen LogP contribution in [-0.4, -0.2) is 11.1 Å². The predicted molar refractivity (Wildman–Crippen MR) is 44.9 cm³/mol. The maximum absolute atomic E-state index is 13.1. The molecule has 0 saturated heterocycles. The summed E-state index contributed by atoms with van der Waals surface area (Å²) in [6.07, 6.45) is -1.59. The highest BCUT2D eigenvalue weighted by atomic mass is 19.2. The molecule has 0 aromatic heterocycles. The molecular weight excluding hydrogens is 214 g/mol. The Morgan fingerprint density at radius 1 is 1.13 bits per heavy atom. The van der Waals surface area contributed by atoms with E-state index in [4.69, 9.17) is 5.73 Å². The van der Waals surface area contributed by atoms with Gasteiger partial charge in [-0.2, -0.15) is 0 Å². The van der Waals surface area contributed by atoms with Gasteiger partial charge in [0.05, 0.1) is 6.10 Å². The third-order valence-corrected chi connectivity index (χ3v) is 1.95. The highest BCUT2D eigenvalue weighted by Crippen LogP contribution is 2.24. The number of aliphatic hydroxyl groups excluding tert-OH is 1. The lowest BCUT2D eigenvalue weighted by molar-refractivity contribution is 0.146. The summed E-state index contributed by atoms with van der Waals surface area (Å²) in [6, 6.07) is -0.536. The van der Waals surface area contributed by atoms with Crippen LogP contribution in [0.3, 0.4) is 0 Å². The number of halogens is 4. The van der Waals surface area contributed by atoms with E-state index in [0.29, 0.717) is 6.07 Å². The van der Waals surface area contributed by atoms with Crippen molar-refractivity contribution in [2.24, 2.45) is 5.73 Å². The minimum absolute atomic E-state index is 0.391. The van der Waals surface area contributed by atoms with Crippen LogP contribution in [0, 0.1) is 23.3 Å². The number of hydrogen-bond acceptors (Lipinski definition) is 2. The van der Waals surface area contributed by atoms with Crippen molar-refractivity contribution in [3.63, 3.8) is 0 Å². The molecule has 0 aliphatic heterocycles. The van der Waals surface area contributed by atoms with Crippen LogP contribution in [0.5, 0.6) is 0 Å². The Balaban J connectivity index is 3.32. The van der Waals surface area contributed by atoms with Crippen LogP contribution in [0.15, 0.2) is 6.07 Å². The van der Waals surface area contributed by atoms with Gasteiger partial charge in [0.25, 0.3) is 0 Å². The summed E-state index contributed by atoms with van der Waals surface area (Å²) in [7, 11) is 0. The second-order valence-corrected chi connectivity index (χ2v) is 3.19. The Bertz CT molecular complexity index is 381. The highest BCUT2D eigenvalue weighted by Gasteiger charge is 2.24. The van der Waals surface area contributed by atoms with Gasteiger partial charge in [-0.15, -0.1) is 0 Å². The van der Waals surface area contributed by atoms with Gasteiger partial charge in [0.15, 0.2) is 23.3 Å². The fraction of sp³-hybridized carbons (Fsp3) is 0.333. The van der Waals surface area contributed by atoms with E-state index in [9.17, 15) is 22.7 Å². The summed E-state index contributed by atoms with van der Waals surface area (Å²) in [6.45, 7) is 1.32. The summed E-state index contributed by atoms with van der Waals surface area (Å²) in [4.78, 5) is 0. The van der Waals surface area contributed by atoms with Gasteiger partial charge in [-0.05, 0) is 13.0 Å². The average Bonchev–Trinajstić information content (AvgIpc) is 2.19. The Morgan fingerprint density at radius 2 is 1.67 bits per heavy atom. The molecule has 2 nitrogen and oxygen atoms in total. The van der Waals surface area contributed by atoms with E-state index in [1.54, 1.807) is 0 Å². The van der Waals surface area contributed by atoms with Crippen molar-refractivity contribution in [1.82, 2.24) is 0 Å². The zero-order chi connectivity index (χ0) is 11.7. The van der Waals surface area contributed by atoms with Gasteiger partial charge < -0.3 is 10.8 Å². The van der Waals surface area contributed by atoms with Crippen LogP contribution in [-0.2, 0) is 0 Å². The van der Waals surface area contributed by atoms with Gasteiger partial charge in [-0.3, -0.25) is 0 Å². The summed E-state index contributed by atoms with van der Waals surface area (Å²) in [5.74, 6) is -7.06. The predicted octanol–water partition coefficient (Wildman–Crippen LogP) is 1.62. The molecular formula is C9H9F4NO. The molecule has 0 spiro atoms. The molecule has 15 heavy (non-hydrogen) atoms. The smallest absolute Gasteiger partial charge is 0.197 e. The first-order chi connectivity index (χ1) is 6.86. The van der Waals surface area contributed by atoms with E-state index in [2.05, 4.69) is 0 Å². The lowest BCUT2D eigenvalue weighted by atomic mass is 10.0. The summed E-state index contributed by atoms with van der Waals surface area (Å²) >= 11 is 0. The molecule has 3 N–H and O–H groups in total. The molecule has 0 aliphatic rings. The van der Waals surface area contributed by atoms with Crippen molar-refractivity contribution in [1.29, 1.82) is 0 Å². The molecule has 1 aromatic carbocycles. The first-order valence-electron chi connectivity index (χ1n) is 4.12. The fourth-order valence-corrected chi connectivity index (χ4v) is 1.09. The summed E-state index contributed by atoms with van der Waals surface area (Å²) in [5, 5.41) is 9.30. The van der Waals surface area contributed by atoms with Crippen LogP contribution in [0.25, 0.3) is 0 Å². The highest BCUT2D eigenvalue weighted by molar-refractivity contribution is 5.24. The van der Waals surface area contributed by atoms with E-state index in [1.807, 2.05) is 0 Å². The van der Waals surface area contributed by atoms with E-state index >= 15 is 0 Å².